The van der Waals surface area contributed by atoms with E-state index in [4.69, 9.17) is 4.74 Å². The molecule has 3 aromatic rings. The molecule has 1 amide bonds. The van der Waals surface area contributed by atoms with Crippen molar-refractivity contribution in [3.05, 3.63) is 48.4 Å². The van der Waals surface area contributed by atoms with Crippen LogP contribution >= 0.6 is 0 Å². The van der Waals surface area contributed by atoms with E-state index in [1.165, 1.54) is 0 Å². The lowest BCUT2D eigenvalue weighted by Crippen LogP contribution is -2.40. The molecule has 144 valence electrons. The maximum atomic E-state index is 12.9. The molecule has 1 atom stereocenters. The van der Waals surface area contributed by atoms with Gasteiger partial charge in [-0.3, -0.25) is 9.78 Å². The van der Waals surface area contributed by atoms with E-state index in [-0.39, 0.29) is 11.8 Å². The van der Waals surface area contributed by atoms with E-state index < -0.39 is 0 Å². The van der Waals surface area contributed by atoms with Crippen LogP contribution in [0.3, 0.4) is 0 Å². The van der Waals surface area contributed by atoms with Crippen LogP contribution in [0.15, 0.2) is 42.9 Å². The number of hydrogen-bond donors (Lipinski definition) is 1. The fraction of sp³-hybridized carbons (Fsp3) is 0.333. The molecule has 1 saturated heterocycles. The summed E-state index contributed by atoms with van der Waals surface area (Å²) in [6, 6.07) is 7.76. The number of benzene rings is 1. The molecular weight excluding hydrogens is 354 g/mol. The Kier molecular flexibility index (Phi) is 5.06. The highest BCUT2D eigenvalue weighted by molar-refractivity contribution is 5.94. The van der Waals surface area contributed by atoms with Crippen LogP contribution in [-0.2, 0) is 4.79 Å². The molecule has 3 heterocycles. The van der Waals surface area contributed by atoms with Crippen LogP contribution in [0.1, 0.15) is 18.4 Å². The van der Waals surface area contributed by atoms with Crippen molar-refractivity contribution in [2.75, 3.05) is 30.4 Å². The first kappa shape index (κ1) is 18.2. The number of methoxy groups -OCH3 is 1. The molecule has 7 nitrogen and oxygen atoms in total. The minimum atomic E-state index is -0.100. The van der Waals surface area contributed by atoms with Crippen molar-refractivity contribution in [1.29, 1.82) is 0 Å². The third-order valence-electron chi connectivity index (χ3n) is 5.08. The van der Waals surface area contributed by atoms with Crippen molar-refractivity contribution in [2.45, 2.75) is 19.8 Å². The lowest BCUT2D eigenvalue weighted by Gasteiger charge is -2.33. The summed E-state index contributed by atoms with van der Waals surface area (Å²) in [5.41, 5.74) is 4.15. The monoisotopic (exact) mass is 377 g/mol. The van der Waals surface area contributed by atoms with Gasteiger partial charge in [0.2, 0.25) is 5.91 Å². The van der Waals surface area contributed by atoms with E-state index in [1.54, 1.807) is 25.7 Å². The van der Waals surface area contributed by atoms with Crippen LogP contribution in [0.2, 0.25) is 0 Å². The molecule has 1 N–H and O–H groups in total. The number of carbonyl (C=O) groups is 1. The summed E-state index contributed by atoms with van der Waals surface area (Å²) in [6.45, 7) is 3.53. The molecule has 4 rings (SSSR count). The van der Waals surface area contributed by atoms with Crippen LogP contribution in [0.4, 0.5) is 11.4 Å². The van der Waals surface area contributed by atoms with E-state index in [9.17, 15) is 4.79 Å². The molecule has 1 fully saturated rings. The number of rotatable bonds is 4. The Balaban J connectivity index is 1.50. The Hall–Kier alpha value is -3.22. The number of pyridine rings is 1. The van der Waals surface area contributed by atoms with E-state index in [0.29, 0.717) is 23.6 Å². The topological polar surface area (TPSA) is 80.2 Å². The number of hydrogen-bond acceptors (Lipinski definition) is 6. The third kappa shape index (κ3) is 3.74. The molecule has 0 unspecified atom stereocenters. The average molecular weight is 377 g/mol. The van der Waals surface area contributed by atoms with Gasteiger partial charge in [0.1, 0.15) is 11.3 Å². The second-order valence-electron chi connectivity index (χ2n) is 7.07. The first-order chi connectivity index (χ1) is 13.6. The lowest BCUT2D eigenvalue weighted by atomic mass is 9.96. The predicted octanol–water partition coefficient (Wildman–Crippen LogP) is 3.20. The summed E-state index contributed by atoms with van der Waals surface area (Å²) < 4.78 is 5.37. The number of aromatic nitrogens is 3. The Morgan fingerprint density at radius 2 is 2.07 bits per heavy atom. The van der Waals surface area contributed by atoms with Gasteiger partial charge in [-0.25, -0.2) is 9.97 Å². The van der Waals surface area contributed by atoms with Crippen molar-refractivity contribution in [2.24, 2.45) is 5.92 Å². The highest BCUT2D eigenvalue weighted by atomic mass is 16.5. The zero-order valence-electron chi connectivity index (χ0n) is 16.1. The lowest BCUT2D eigenvalue weighted by molar-refractivity contribution is -0.120. The predicted molar refractivity (Wildman–Crippen MR) is 109 cm³/mol. The van der Waals surface area contributed by atoms with Crippen LogP contribution in [0.5, 0.6) is 5.75 Å². The SMILES string of the molecule is COc1ccc(C)cc1NC(=O)[C@@H]1CCCN(c2cnc3nccnc3c2)C1. The highest BCUT2D eigenvalue weighted by Gasteiger charge is 2.27. The zero-order chi connectivity index (χ0) is 19.5. The Bertz CT molecular complexity index is 1010. The smallest absolute Gasteiger partial charge is 0.229 e. The normalized spacial score (nSPS) is 16.8. The molecule has 0 radical (unpaired) electrons. The Morgan fingerprint density at radius 3 is 2.93 bits per heavy atom. The van der Waals surface area contributed by atoms with Crippen molar-refractivity contribution < 1.29 is 9.53 Å². The second kappa shape index (κ2) is 7.80. The molecule has 0 spiro atoms. The standard InChI is InChI=1S/C21H23N5O2/c1-14-5-6-19(28-2)17(10-14)25-21(27)15-4-3-9-26(13-15)16-11-18-20(24-12-16)23-8-7-22-18/h5-8,10-12,15H,3-4,9,13H2,1-2H3,(H,25,27)/t15-/m1/s1. The summed E-state index contributed by atoms with van der Waals surface area (Å²) >= 11 is 0. The van der Waals surface area contributed by atoms with Crippen LogP contribution in [-0.4, -0.2) is 41.1 Å². The number of amides is 1. The van der Waals surface area contributed by atoms with Crippen LogP contribution in [0.25, 0.3) is 11.2 Å². The molecule has 1 aromatic carbocycles. The molecule has 1 aliphatic heterocycles. The van der Waals surface area contributed by atoms with E-state index in [1.807, 2.05) is 31.2 Å². The van der Waals surface area contributed by atoms with Gasteiger partial charge >= 0.3 is 0 Å². The number of nitrogens with zero attached hydrogens (tertiary/aromatic N) is 4. The van der Waals surface area contributed by atoms with Gasteiger partial charge in [0.05, 0.1) is 30.6 Å². The van der Waals surface area contributed by atoms with Gasteiger partial charge in [-0.2, -0.15) is 0 Å². The number of carbonyl (C=O) groups excluding carboxylic acids is 1. The Morgan fingerprint density at radius 1 is 1.21 bits per heavy atom. The third-order valence-corrected chi connectivity index (χ3v) is 5.08. The second-order valence-corrected chi connectivity index (χ2v) is 7.07. The van der Waals surface area contributed by atoms with E-state index in [2.05, 4.69) is 25.2 Å². The number of piperidine rings is 1. The molecule has 2 aromatic heterocycles. The van der Waals surface area contributed by atoms with Gasteiger partial charge in [-0.1, -0.05) is 6.07 Å². The minimum absolute atomic E-state index is 0.0159. The molecule has 0 aliphatic carbocycles. The molecular formula is C21H23N5O2. The fourth-order valence-electron chi connectivity index (χ4n) is 3.60. The summed E-state index contributed by atoms with van der Waals surface area (Å²) in [4.78, 5) is 28.0. The zero-order valence-corrected chi connectivity index (χ0v) is 16.1. The molecule has 1 aliphatic rings. The van der Waals surface area contributed by atoms with Gasteiger partial charge < -0.3 is 15.0 Å². The number of anilines is 2. The first-order valence-corrected chi connectivity index (χ1v) is 9.41. The van der Waals surface area contributed by atoms with E-state index >= 15 is 0 Å². The maximum absolute atomic E-state index is 12.9. The van der Waals surface area contributed by atoms with Crippen molar-refractivity contribution in [3.8, 4) is 5.75 Å². The number of ether oxygens (including phenoxy) is 1. The number of aryl methyl sites for hydroxylation is 1. The van der Waals surface area contributed by atoms with Gasteiger partial charge in [-0.15, -0.1) is 0 Å². The van der Waals surface area contributed by atoms with Crippen molar-refractivity contribution in [3.63, 3.8) is 0 Å². The summed E-state index contributed by atoms with van der Waals surface area (Å²) in [6.07, 6.45) is 6.91. The van der Waals surface area contributed by atoms with Gasteiger partial charge in [0.25, 0.3) is 0 Å². The minimum Gasteiger partial charge on any atom is -0.495 e. The van der Waals surface area contributed by atoms with Gasteiger partial charge in [-0.05, 0) is 43.5 Å². The largest absolute Gasteiger partial charge is 0.495 e. The summed E-state index contributed by atoms with van der Waals surface area (Å²) in [5.74, 6) is 0.586. The summed E-state index contributed by atoms with van der Waals surface area (Å²) in [5, 5.41) is 3.05. The van der Waals surface area contributed by atoms with Crippen molar-refractivity contribution >= 4 is 28.4 Å². The number of fused-ring (bicyclic) bond motifs is 1. The molecule has 28 heavy (non-hydrogen) atoms. The highest BCUT2D eigenvalue weighted by Crippen LogP contribution is 2.28. The fourth-order valence-corrected chi connectivity index (χ4v) is 3.60. The first-order valence-electron chi connectivity index (χ1n) is 9.41. The van der Waals surface area contributed by atoms with Gasteiger partial charge in [0.15, 0.2) is 5.65 Å². The van der Waals surface area contributed by atoms with Crippen LogP contribution < -0.4 is 15.0 Å². The van der Waals surface area contributed by atoms with Crippen molar-refractivity contribution in [1.82, 2.24) is 15.0 Å². The van der Waals surface area contributed by atoms with Gasteiger partial charge in [0, 0.05) is 25.5 Å². The average Bonchev–Trinajstić information content (AvgIpc) is 2.73. The van der Waals surface area contributed by atoms with Crippen LogP contribution in [0, 0.1) is 12.8 Å². The summed E-state index contributed by atoms with van der Waals surface area (Å²) in [7, 11) is 1.61. The maximum Gasteiger partial charge on any atom is 0.229 e. The molecule has 0 saturated carbocycles. The number of nitrogens with one attached hydrogen (secondary N) is 1. The Labute approximate surface area is 163 Å². The van der Waals surface area contributed by atoms with E-state index in [0.717, 1.165) is 36.2 Å². The molecule has 7 heteroatoms. The quantitative estimate of drug-likeness (QED) is 0.752. The molecule has 0 bridgehead atoms.